The van der Waals surface area contributed by atoms with E-state index in [1.165, 1.54) is 24.5 Å². The van der Waals surface area contributed by atoms with Gasteiger partial charge in [0.25, 0.3) is 0 Å². The number of alkyl halides is 3. The van der Waals surface area contributed by atoms with E-state index in [0.29, 0.717) is 37.2 Å². The average Bonchev–Trinajstić information content (AvgIpc) is 3.50. The van der Waals surface area contributed by atoms with Crippen LogP contribution in [0.4, 0.5) is 18.9 Å². The highest BCUT2D eigenvalue weighted by Crippen LogP contribution is 2.41. The molecule has 6 nitrogen and oxygen atoms in total. The molecule has 5 rings (SSSR count). The standard InChI is InChI=1S/C24H26Cl2F3N5O/c25-15-3-5-17(18(26)12-15)22(24(27,28)29)34-14-31-19-6-4-16(13-21(19)34)32-8-10-33(11-9-32)23(35)20-2-1-7-30-20/h3-6,12-14,20,22-23,30,35H,1-2,7-11H2/t20-,22?,23?/m1/s1. The van der Waals surface area contributed by atoms with Crippen LogP contribution in [0.25, 0.3) is 11.0 Å². The van der Waals surface area contributed by atoms with Crippen LogP contribution in [0.2, 0.25) is 10.0 Å². The van der Waals surface area contributed by atoms with E-state index >= 15 is 0 Å². The van der Waals surface area contributed by atoms with Crippen molar-refractivity contribution in [2.75, 3.05) is 37.6 Å². The third kappa shape index (κ3) is 4.97. The van der Waals surface area contributed by atoms with E-state index in [1.807, 2.05) is 6.07 Å². The third-order valence-corrected chi connectivity index (χ3v) is 7.48. The van der Waals surface area contributed by atoms with E-state index in [2.05, 4.69) is 20.1 Å². The number of anilines is 1. The molecule has 0 spiro atoms. The summed E-state index contributed by atoms with van der Waals surface area (Å²) < 4.78 is 44.0. The van der Waals surface area contributed by atoms with Crippen molar-refractivity contribution in [3.05, 3.63) is 58.3 Å². The summed E-state index contributed by atoms with van der Waals surface area (Å²) in [4.78, 5) is 8.40. The maximum absolute atomic E-state index is 14.3. The lowest BCUT2D eigenvalue weighted by Crippen LogP contribution is -2.55. The number of hydrogen-bond donors (Lipinski definition) is 2. The summed E-state index contributed by atoms with van der Waals surface area (Å²) in [5.41, 5.74) is 1.56. The van der Waals surface area contributed by atoms with Crippen LogP contribution in [0.15, 0.2) is 42.7 Å². The Hall–Kier alpha value is -2.04. The lowest BCUT2D eigenvalue weighted by Gasteiger charge is -2.40. The molecule has 3 atom stereocenters. The van der Waals surface area contributed by atoms with Crippen molar-refractivity contribution in [3.8, 4) is 0 Å². The van der Waals surface area contributed by atoms with E-state index in [9.17, 15) is 18.3 Å². The Morgan fingerprint density at radius 3 is 2.49 bits per heavy atom. The zero-order chi connectivity index (χ0) is 24.7. The highest BCUT2D eigenvalue weighted by molar-refractivity contribution is 6.35. The van der Waals surface area contributed by atoms with Gasteiger partial charge in [-0.1, -0.05) is 29.3 Å². The van der Waals surface area contributed by atoms with Gasteiger partial charge >= 0.3 is 6.18 Å². The maximum Gasteiger partial charge on any atom is 0.413 e. The first-order valence-electron chi connectivity index (χ1n) is 11.6. The normalized spacial score (nSPS) is 21.5. The predicted molar refractivity (Wildman–Crippen MR) is 131 cm³/mol. The number of nitrogens with one attached hydrogen (secondary N) is 1. The monoisotopic (exact) mass is 527 g/mol. The SMILES string of the molecule is OC([C@H]1CCCN1)N1CCN(c2ccc3ncn(C(c4ccc(Cl)cc4Cl)C(F)(F)F)c3c2)CC1. The van der Waals surface area contributed by atoms with E-state index in [1.54, 1.807) is 12.1 Å². The predicted octanol–water partition coefficient (Wildman–Crippen LogP) is 4.69. The Balaban J connectivity index is 1.41. The summed E-state index contributed by atoms with van der Waals surface area (Å²) in [6, 6.07) is 7.48. The van der Waals surface area contributed by atoms with Gasteiger partial charge in [0.1, 0.15) is 6.23 Å². The van der Waals surface area contributed by atoms with Gasteiger partial charge in [0.05, 0.1) is 17.4 Å². The van der Waals surface area contributed by atoms with Crippen molar-refractivity contribution in [1.29, 1.82) is 0 Å². The van der Waals surface area contributed by atoms with Crippen molar-refractivity contribution in [2.45, 2.75) is 37.3 Å². The number of fused-ring (bicyclic) bond motifs is 1. The highest BCUT2D eigenvalue weighted by Gasteiger charge is 2.44. The minimum atomic E-state index is -4.60. The van der Waals surface area contributed by atoms with Gasteiger partial charge in [0.15, 0.2) is 6.04 Å². The number of piperazine rings is 1. The second kappa shape index (κ2) is 9.78. The molecule has 0 bridgehead atoms. The fraction of sp³-hybridized carbons (Fsp3) is 0.458. The quantitative estimate of drug-likeness (QED) is 0.504. The number of benzene rings is 2. The zero-order valence-corrected chi connectivity index (χ0v) is 20.4. The summed E-state index contributed by atoms with van der Waals surface area (Å²) in [7, 11) is 0. The molecular weight excluding hydrogens is 502 g/mol. The van der Waals surface area contributed by atoms with Gasteiger partial charge in [-0.2, -0.15) is 13.2 Å². The molecule has 2 aromatic carbocycles. The van der Waals surface area contributed by atoms with Gasteiger partial charge in [-0.15, -0.1) is 0 Å². The summed E-state index contributed by atoms with van der Waals surface area (Å²) in [5.74, 6) is 0. The average molecular weight is 528 g/mol. The number of nitrogens with zero attached hydrogens (tertiary/aromatic N) is 4. The topological polar surface area (TPSA) is 56.6 Å². The number of imidazole rings is 1. The second-order valence-corrected chi connectivity index (χ2v) is 9.92. The molecule has 2 aliphatic rings. The van der Waals surface area contributed by atoms with Crippen LogP contribution in [0.5, 0.6) is 0 Å². The second-order valence-electron chi connectivity index (χ2n) is 9.07. The van der Waals surface area contributed by atoms with Gasteiger partial charge in [-0.3, -0.25) is 4.90 Å². The number of rotatable bonds is 5. The molecule has 188 valence electrons. The van der Waals surface area contributed by atoms with Gasteiger partial charge in [0.2, 0.25) is 0 Å². The molecule has 3 aromatic rings. The Bertz CT molecular complexity index is 1190. The Kier molecular flexibility index (Phi) is 6.89. The Morgan fingerprint density at radius 2 is 1.83 bits per heavy atom. The molecule has 2 N–H and O–H groups in total. The molecule has 0 radical (unpaired) electrons. The van der Waals surface area contributed by atoms with Crippen LogP contribution in [0.1, 0.15) is 24.4 Å². The van der Waals surface area contributed by atoms with Gasteiger partial charge in [-0.25, -0.2) is 4.98 Å². The van der Waals surface area contributed by atoms with Gasteiger partial charge in [-0.05, 0) is 49.7 Å². The van der Waals surface area contributed by atoms with Crippen molar-refractivity contribution >= 4 is 39.9 Å². The molecule has 35 heavy (non-hydrogen) atoms. The molecule has 0 amide bonds. The molecule has 2 unspecified atom stereocenters. The van der Waals surface area contributed by atoms with E-state index < -0.39 is 18.4 Å². The van der Waals surface area contributed by atoms with Crippen LogP contribution in [-0.2, 0) is 0 Å². The fourth-order valence-electron chi connectivity index (χ4n) is 5.09. The van der Waals surface area contributed by atoms with E-state index in [-0.39, 0.29) is 21.7 Å². The van der Waals surface area contributed by atoms with Gasteiger partial charge in [0, 0.05) is 53.5 Å². The first-order chi connectivity index (χ1) is 16.7. The number of hydrogen-bond acceptors (Lipinski definition) is 5. The Morgan fingerprint density at radius 1 is 1.06 bits per heavy atom. The number of aromatic nitrogens is 2. The zero-order valence-electron chi connectivity index (χ0n) is 18.8. The molecule has 11 heteroatoms. The van der Waals surface area contributed by atoms with Crippen molar-refractivity contribution < 1.29 is 18.3 Å². The molecule has 3 heterocycles. The summed E-state index contributed by atoms with van der Waals surface area (Å²) in [6.45, 7) is 3.59. The molecule has 0 saturated carbocycles. The smallest absolute Gasteiger partial charge is 0.377 e. The highest BCUT2D eigenvalue weighted by atomic mass is 35.5. The molecule has 2 saturated heterocycles. The fourth-order valence-corrected chi connectivity index (χ4v) is 5.60. The third-order valence-electron chi connectivity index (χ3n) is 6.92. The van der Waals surface area contributed by atoms with Gasteiger partial charge < -0.3 is 19.9 Å². The summed E-state index contributed by atoms with van der Waals surface area (Å²) in [5, 5.41) is 14.2. The lowest BCUT2D eigenvalue weighted by molar-refractivity contribution is -0.156. The van der Waals surface area contributed by atoms with Crippen LogP contribution in [0, 0.1) is 0 Å². The van der Waals surface area contributed by atoms with E-state index in [4.69, 9.17) is 23.2 Å². The van der Waals surface area contributed by atoms with Crippen molar-refractivity contribution in [3.63, 3.8) is 0 Å². The minimum absolute atomic E-state index is 0.0516. The van der Waals surface area contributed by atoms with Crippen molar-refractivity contribution in [1.82, 2.24) is 19.8 Å². The molecule has 2 aliphatic heterocycles. The van der Waals surface area contributed by atoms with Crippen LogP contribution in [0.3, 0.4) is 0 Å². The van der Waals surface area contributed by atoms with Crippen LogP contribution < -0.4 is 10.2 Å². The molecule has 0 aliphatic carbocycles. The maximum atomic E-state index is 14.3. The number of aliphatic hydroxyl groups is 1. The number of aliphatic hydroxyl groups excluding tert-OH is 1. The minimum Gasteiger partial charge on any atom is -0.377 e. The first-order valence-corrected chi connectivity index (χ1v) is 12.4. The number of halogens is 5. The van der Waals surface area contributed by atoms with Crippen molar-refractivity contribution in [2.24, 2.45) is 0 Å². The summed E-state index contributed by atoms with van der Waals surface area (Å²) >= 11 is 12.1. The van der Waals surface area contributed by atoms with Crippen LogP contribution in [-0.4, -0.2) is 70.7 Å². The molecule has 2 fully saturated rings. The van der Waals surface area contributed by atoms with E-state index in [0.717, 1.165) is 29.6 Å². The largest absolute Gasteiger partial charge is 0.413 e. The molecular formula is C24H26Cl2F3N5O. The summed E-state index contributed by atoms with van der Waals surface area (Å²) in [6.07, 6.45) is -1.90. The first kappa shape index (κ1) is 24.6. The molecule has 1 aromatic heterocycles. The Labute approximate surface area is 211 Å². The van der Waals surface area contributed by atoms with Crippen LogP contribution >= 0.6 is 23.2 Å². The lowest BCUT2D eigenvalue weighted by atomic mass is 10.1.